The van der Waals surface area contributed by atoms with Crippen LogP contribution >= 0.6 is 0 Å². The van der Waals surface area contributed by atoms with Crippen LogP contribution in [0.15, 0.2) is 29.3 Å². The van der Waals surface area contributed by atoms with Crippen molar-refractivity contribution in [2.45, 2.75) is 38.8 Å². The molecule has 1 saturated heterocycles. The number of aliphatic imine (C=N–C) groups is 1. The number of hydrogen-bond acceptors (Lipinski definition) is 2. The molecule has 1 aromatic carbocycles. The molecule has 1 aliphatic carbocycles. The van der Waals surface area contributed by atoms with Crippen LogP contribution in [-0.4, -0.2) is 43.1 Å². The Morgan fingerprint density at radius 1 is 1.33 bits per heavy atom. The van der Waals surface area contributed by atoms with Gasteiger partial charge in [0.2, 0.25) is 0 Å². The van der Waals surface area contributed by atoms with Gasteiger partial charge >= 0.3 is 6.03 Å². The molecule has 2 unspecified atom stereocenters. The molecule has 2 amide bonds. The van der Waals surface area contributed by atoms with E-state index in [1.165, 1.54) is 6.42 Å². The highest BCUT2D eigenvalue weighted by Crippen LogP contribution is 2.28. The predicted molar refractivity (Wildman–Crippen MR) is 97.2 cm³/mol. The van der Waals surface area contributed by atoms with E-state index in [-0.39, 0.29) is 6.03 Å². The summed E-state index contributed by atoms with van der Waals surface area (Å²) in [6.45, 7) is 4.62. The average molecular weight is 329 g/mol. The van der Waals surface area contributed by atoms with Crippen LogP contribution in [0.4, 0.5) is 10.5 Å². The van der Waals surface area contributed by atoms with Crippen LogP contribution in [0.2, 0.25) is 0 Å². The average Bonchev–Trinajstić information content (AvgIpc) is 3.04. The number of nitrogens with one attached hydrogen (secondary N) is 3. The van der Waals surface area contributed by atoms with Gasteiger partial charge in [-0.15, -0.1) is 0 Å². The number of benzene rings is 1. The maximum Gasteiger partial charge on any atom is 0.321 e. The largest absolute Gasteiger partial charge is 0.353 e. The number of likely N-dealkylation sites (tertiary alicyclic amines) is 1. The lowest BCUT2D eigenvalue weighted by molar-refractivity contribution is 0.222. The quantitative estimate of drug-likeness (QED) is 0.587. The van der Waals surface area contributed by atoms with Gasteiger partial charge in [0.15, 0.2) is 5.96 Å². The Balaban J connectivity index is 1.51. The van der Waals surface area contributed by atoms with E-state index in [1.54, 1.807) is 7.05 Å². The van der Waals surface area contributed by atoms with E-state index in [2.05, 4.69) is 27.9 Å². The second kappa shape index (κ2) is 7.55. The molecule has 1 aliphatic heterocycles. The molecule has 130 valence electrons. The highest BCUT2D eigenvalue weighted by Gasteiger charge is 2.33. The molecular weight excluding hydrogens is 302 g/mol. The van der Waals surface area contributed by atoms with Crippen LogP contribution in [0.3, 0.4) is 0 Å². The molecule has 0 bridgehead atoms. The van der Waals surface area contributed by atoms with Crippen molar-refractivity contribution in [2.24, 2.45) is 10.9 Å². The third-order valence-electron chi connectivity index (χ3n) is 4.69. The fraction of sp³-hybridized carbons (Fsp3) is 0.556. The maximum atomic E-state index is 12.2. The Labute approximate surface area is 143 Å². The zero-order valence-corrected chi connectivity index (χ0v) is 14.5. The van der Waals surface area contributed by atoms with E-state index in [9.17, 15) is 4.79 Å². The summed E-state index contributed by atoms with van der Waals surface area (Å²) in [5.74, 6) is 1.56. The first-order valence-corrected chi connectivity index (χ1v) is 8.78. The fourth-order valence-electron chi connectivity index (χ4n) is 2.96. The highest BCUT2D eigenvalue weighted by molar-refractivity contribution is 5.89. The summed E-state index contributed by atoms with van der Waals surface area (Å²) in [7, 11) is 1.79. The standard InChI is InChI=1S/C18H27N5O/c1-13-10-16(13)22-17(19-2)20-12-14-6-5-7-15(11-14)21-18(24)23-8-3-4-9-23/h5-7,11,13,16H,3-4,8-10,12H2,1-2H3,(H,21,24)(H2,19,20,22). The zero-order valence-electron chi connectivity index (χ0n) is 14.5. The minimum atomic E-state index is -0.00203. The van der Waals surface area contributed by atoms with Crippen LogP contribution in [0.25, 0.3) is 0 Å². The Morgan fingerprint density at radius 2 is 2.08 bits per heavy atom. The second-order valence-corrected chi connectivity index (χ2v) is 6.71. The number of amides is 2. The third kappa shape index (κ3) is 4.40. The van der Waals surface area contributed by atoms with Gasteiger partial charge in [-0.05, 0) is 42.9 Å². The van der Waals surface area contributed by atoms with Crippen molar-refractivity contribution >= 4 is 17.7 Å². The first-order valence-electron chi connectivity index (χ1n) is 8.78. The minimum Gasteiger partial charge on any atom is -0.353 e. The summed E-state index contributed by atoms with van der Waals surface area (Å²) >= 11 is 0. The number of rotatable bonds is 4. The molecule has 6 nitrogen and oxygen atoms in total. The van der Waals surface area contributed by atoms with Crippen LogP contribution < -0.4 is 16.0 Å². The molecule has 2 atom stereocenters. The van der Waals surface area contributed by atoms with Crippen LogP contribution in [0.5, 0.6) is 0 Å². The fourth-order valence-corrected chi connectivity index (χ4v) is 2.96. The van der Waals surface area contributed by atoms with Crippen molar-refractivity contribution in [2.75, 3.05) is 25.5 Å². The molecule has 1 heterocycles. The molecule has 3 rings (SSSR count). The number of nitrogens with zero attached hydrogens (tertiary/aromatic N) is 2. The Kier molecular flexibility index (Phi) is 5.23. The number of carbonyl (C=O) groups is 1. The number of urea groups is 1. The number of hydrogen-bond donors (Lipinski definition) is 3. The van der Waals surface area contributed by atoms with Gasteiger partial charge in [0, 0.05) is 38.4 Å². The van der Waals surface area contributed by atoms with Crippen molar-refractivity contribution in [1.82, 2.24) is 15.5 Å². The van der Waals surface area contributed by atoms with E-state index in [4.69, 9.17) is 0 Å². The van der Waals surface area contributed by atoms with Crippen molar-refractivity contribution in [3.8, 4) is 0 Å². The van der Waals surface area contributed by atoms with Gasteiger partial charge in [0.1, 0.15) is 0 Å². The summed E-state index contributed by atoms with van der Waals surface area (Å²) in [4.78, 5) is 18.3. The second-order valence-electron chi connectivity index (χ2n) is 6.71. The Morgan fingerprint density at radius 3 is 2.75 bits per heavy atom. The molecule has 0 aromatic heterocycles. The minimum absolute atomic E-state index is 0.00203. The van der Waals surface area contributed by atoms with Crippen molar-refractivity contribution in [1.29, 1.82) is 0 Å². The third-order valence-corrected chi connectivity index (χ3v) is 4.69. The molecule has 1 aromatic rings. The molecule has 2 fully saturated rings. The number of anilines is 1. The first-order chi connectivity index (χ1) is 11.7. The molecule has 3 N–H and O–H groups in total. The van der Waals surface area contributed by atoms with E-state index < -0.39 is 0 Å². The van der Waals surface area contributed by atoms with E-state index in [1.807, 2.05) is 29.2 Å². The molecule has 6 heteroatoms. The summed E-state index contributed by atoms with van der Waals surface area (Å²) in [5.41, 5.74) is 1.95. The van der Waals surface area contributed by atoms with Crippen LogP contribution in [-0.2, 0) is 6.54 Å². The monoisotopic (exact) mass is 329 g/mol. The molecule has 24 heavy (non-hydrogen) atoms. The predicted octanol–water partition coefficient (Wildman–Crippen LogP) is 2.39. The molecule has 0 spiro atoms. The van der Waals surface area contributed by atoms with Gasteiger partial charge in [-0.2, -0.15) is 0 Å². The maximum absolute atomic E-state index is 12.2. The summed E-state index contributed by atoms with van der Waals surface area (Å²) in [6, 6.07) is 8.49. The Hall–Kier alpha value is -2.24. The molecular formula is C18H27N5O. The SMILES string of the molecule is CN=C(NCc1cccc(NC(=O)N2CCCC2)c1)NC1CC1C. The molecule has 1 saturated carbocycles. The van der Waals surface area contributed by atoms with Crippen molar-refractivity contribution < 1.29 is 4.79 Å². The zero-order chi connectivity index (χ0) is 16.9. The van der Waals surface area contributed by atoms with Gasteiger partial charge in [-0.25, -0.2) is 4.79 Å². The van der Waals surface area contributed by atoms with Gasteiger partial charge in [-0.1, -0.05) is 19.1 Å². The van der Waals surface area contributed by atoms with Gasteiger partial charge in [-0.3, -0.25) is 4.99 Å². The molecule has 0 radical (unpaired) electrons. The van der Waals surface area contributed by atoms with Gasteiger partial charge in [0.25, 0.3) is 0 Å². The van der Waals surface area contributed by atoms with Crippen molar-refractivity contribution in [3.05, 3.63) is 29.8 Å². The number of guanidine groups is 1. The van der Waals surface area contributed by atoms with E-state index >= 15 is 0 Å². The van der Waals surface area contributed by atoms with Gasteiger partial charge in [0.05, 0.1) is 0 Å². The van der Waals surface area contributed by atoms with Crippen LogP contribution in [0, 0.1) is 5.92 Å². The topological polar surface area (TPSA) is 68.8 Å². The normalized spacial score (nSPS) is 23.1. The van der Waals surface area contributed by atoms with Crippen LogP contribution in [0.1, 0.15) is 31.7 Å². The first kappa shape index (κ1) is 16.6. The van der Waals surface area contributed by atoms with E-state index in [0.29, 0.717) is 12.6 Å². The lowest BCUT2D eigenvalue weighted by Crippen LogP contribution is -2.38. The Bertz CT molecular complexity index is 609. The summed E-state index contributed by atoms with van der Waals surface area (Å²) < 4.78 is 0. The highest BCUT2D eigenvalue weighted by atomic mass is 16.2. The summed E-state index contributed by atoms with van der Waals surface area (Å²) in [5, 5.41) is 9.72. The van der Waals surface area contributed by atoms with E-state index in [0.717, 1.165) is 49.1 Å². The van der Waals surface area contributed by atoms with Gasteiger partial charge < -0.3 is 20.9 Å². The lowest BCUT2D eigenvalue weighted by atomic mass is 10.2. The van der Waals surface area contributed by atoms with Crippen molar-refractivity contribution in [3.63, 3.8) is 0 Å². The molecule has 2 aliphatic rings. The lowest BCUT2D eigenvalue weighted by Gasteiger charge is -2.17. The summed E-state index contributed by atoms with van der Waals surface area (Å²) in [6.07, 6.45) is 3.41. The smallest absolute Gasteiger partial charge is 0.321 e. The number of carbonyl (C=O) groups excluding carboxylic acids is 1.